The molecular formula is C22H19N3OS. The third-order valence-corrected chi connectivity index (χ3v) is 5.35. The first-order chi connectivity index (χ1) is 13.1. The highest BCUT2D eigenvalue weighted by molar-refractivity contribution is 7.13. The summed E-state index contributed by atoms with van der Waals surface area (Å²) in [6.45, 7) is 4.30. The van der Waals surface area contributed by atoms with Crippen LogP contribution in [0.1, 0.15) is 27.3 Å². The number of nitrogens with one attached hydrogen (secondary N) is 1. The minimum atomic E-state index is -0.127. The summed E-state index contributed by atoms with van der Waals surface area (Å²) < 4.78 is 0. The number of fused-ring (bicyclic) bond motifs is 1. The zero-order valence-corrected chi connectivity index (χ0v) is 16.0. The molecule has 2 aromatic carbocycles. The van der Waals surface area contributed by atoms with Crippen LogP contribution >= 0.6 is 11.3 Å². The van der Waals surface area contributed by atoms with Gasteiger partial charge in [-0.15, -0.1) is 11.3 Å². The minimum absolute atomic E-state index is 0.127. The lowest BCUT2D eigenvalue weighted by Gasteiger charge is -2.08. The summed E-state index contributed by atoms with van der Waals surface area (Å²) in [6, 6.07) is 18.0. The van der Waals surface area contributed by atoms with E-state index < -0.39 is 0 Å². The Labute approximate surface area is 161 Å². The van der Waals surface area contributed by atoms with Crippen molar-refractivity contribution in [2.24, 2.45) is 0 Å². The van der Waals surface area contributed by atoms with Crippen LogP contribution in [0.2, 0.25) is 0 Å². The fourth-order valence-electron chi connectivity index (χ4n) is 2.99. The van der Waals surface area contributed by atoms with Gasteiger partial charge in [-0.2, -0.15) is 0 Å². The molecule has 134 valence electrons. The maximum absolute atomic E-state index is 12.7. The van der Waals surface area contributed by atoms with Gasteiger partial charge in [0.15, 0.2) is 0 Å². The standard InChI is InChI=1S/C22H19N3OS/c1-14-8-9-20-17(10-14)11-19(15(2)24-20)21(26)23-12-18-13-27-22(25-18)16-6-4-3-5-7-16/h3-11,13H,12H2,1-2H3,(H,23,26). The highest BCUT2D eigenvalue weighted by Gasteiger charge is 2.13. The Morgan fingerprint density at radius 1 is 1.04 bits per heavy atom. The monoisotopic (exact) mass is 373 g/mol. The third kappa shape index (κ3) is 3.73. The number of aryl methyl sites for hydroxylation is 2. The molecule has 1 N–H and O–H groups in total. The topological polar surface area (TPSA) is 54.9 Å². The van der Waals surface area contributed by atoms with Crippen LogP contribution < -0.4 is 5.32 Å². The molecule has 0 saturated heterocycles. The molecule has 5 heteroatoms. The molecular weight excluding hydrogens is 354 g/mol. The molecule has 0 aliphatic heterocycles. The summed E-state index contributed by atoms with van der Waals surface area (Å²) in [5.41, 5.74) is 5.33. The molecule has 0 saturated carbocycles. The highest BCUT2D eigenvalue weighted by atomic mass is 32.1. The summed E-state index contributed by atoms with van der Waals surface area (Å²) in [6.07, 6.45) is 0. The Bertz CT molecular complexity index is 1120. The van der Waals surface area contributed by atoms with Gasteiger partial charge in [0.1, 0.15) is 5.01 Å². The molecule has 0 radical (unpaired) electrons. The van der Waals surface area contributed by atoms with Gasteiger partial charge in [0.05, 0.1) is 29.0 Å². The lowest BCUT2D eigenvalue weighted by Crippen LogP contribution is -2.24. The number of carbonyl (C=O) groups excluding carboxylic acids is 1. The fraction of sp³-hybridized carbons (Fsp3) is 0.136. The van der Waals surface area contributed by atoms with Gasteiger partial charge in [-0.25, -0.2) is 4.98 Å². The van der Waals surface area contributed by atoms with Crippen LogP contribution in [0.3, 0.4) is 0 Å². The molecule has 0 aliphatic carbocycles. The number of hydrogen-bond donors (Lipinski definition) is 1. The Morgan fingerprint density at radius 2 is 1.85 bits per heavy atom. The van der Waals surface area contributed by atoms with E-state index in [2.05, 4.69) is 15.3 Å². The maximum atomic E-state index is 12.7. The summed E-state index contributed by atoms with van der Waals surface area (Å²) in [5.74, 6) is -0.127. The van der Waals surface area contributed by atoms with Crippen molar-refractivity contribution >= 4 is 28.1 Å². The molecule has 0 atom stereocenters. The fourth-order valence-corrected chi connectivity index (χ4v) is 3.82. The largest absolute Gasteiger partial charge is 0.346 e. The number of thiazole rings is 1. The van der Waals surface area contributed by atoms with E-state index in [9.17, 15) is 4.79 Å². The SMILES string of the molecule is Cc1ccc2nc(C)c(C(=O)NCc3csc(-c4ccccc4)n3)cc2c1. The predicted molar refractivity (Wildman–Crippen MR) is 110 cm³/mol. The molecule has 27 heavy (non-hydrogen) atoms. The molecule has 0 spiro atoms. The van der Waals surface area contributed by atoms with E-state index in [1.807, 2.05) is 73.8 Å². The molecule has 4 aromatic rings. The zero-order chi connectivity index (χ0) is 18.8. The van der Waals surface area contributed by atoms with Gasteiger partial charge in [0.25, 0.3) is 5.91 Å². The van der Waals surface area contributed by atoms with Crippen molar-refractivity contribution in [3.05, 3.63) is 82.5 Å². The number of nitrogens with zero attached hydrogens (tertiary/aromatic N) is 2. The number of aromatic nitrogens is 2. The number of amides is 1. The van der Waals surface area contributed by atoms with E-state index >= 15 is 0 Å². The smallest absolute Gasteiger partial charge is 0.253 e. The molecule has 2 aromatic heterocycles. The van der Waals surface area contributed by atoms with Crippen LogP contribution in [0.15, 0.2) is 60.0 Å². The van der Waals surface area contributed by atoms with Crippen LogP contribution in [0, 0.1) is 13.8 Å². The summed E-state index contributed by atoms with van der Waals surface area (Å²) in [4.78, 5) is 21.8. The second-order valence-corrected chi connectivity index (χ2v) is 7.37. The molecule has 0 unspecified atom stereocenters. The Morgan fingerprint density at radius 3 is 2.67 bits per heavy atom. The molecule has 0 fully saturated rings. The molecule has 4 rings (SSSR count). The average Bonchev–Trinajstić information content (AvgIpc) is 3.16. The van der Waals surface area contributed by atoms with Crippen LogP contribution in [0.4, 0.5) is 0 Å². The van der Waals surface area contributed by atoms with Gasteiger partial charge in [-0.05, 0) is 32.0 Å². The first-order valence-electron chi connectivity index (χ1n) is 8.76. The zero-order valence-electron chi connectivity index (χ0n) is 15.2. The average molecular weight is 373 g/mol. The predicted octanol–water partition coefficient (Wildman–Crippen LogP) is 4.91. The quantitative estimate of drug-likeness (QED) is 0.553. The Hall–Kier alpha value is -3.05. The van der Waals surface area contributed by atoms with Gasteiger partial charge in [0, 0.05) is 16.3 Å². The van der Waals surface area contributed by atoms with Gasteiger partial charge >= 0.3 is 0 Å². The molecule has 4 nitrogen and oxygen atoms in total. The Balaban J connectivity index is 1.51. The van der Waals surface area contributed by atoms with Gasteiger partial charge in [-0.1, -0.05) is 42.0 Å². The van der Waals surface area contributed by atoms with Gasteiger partial charge in [0.2, 0.25) is 0 Å². The summed E-state index contributed by atoms with van der Waals surface area (Å²) >= 11 is 1.58. The van der Waals surface area contributed by atoms with E-state index in [4.69, 9.17) is 0 Å². The van der Waals surface area contributed by atoms with E-state index in [1.54, 1.807) is 11.3 Å². The van der Waals surface area contributed by atoms with Crippen molar-refractivity contribution in [1.29, 1.82) is 0 Å². The lowest BCUT2D eigenvalue weighted by atomic mass is 10.1. The van der Waals surface area contributed by atoms with Crippen molar-refractivity contribution in [2.75, 3.05) is 0 Å². The van der Waals surface area contributed by atoms with E-state index in [0.717, 1.165) is 38.4 Å². The van der Waals surface area contributed by atoms with Crippen molar-refractivity contribution < 1.29 is 4.79 Å². The number of benzene rings is 2. The Kier molecular flexibility index (Phi) is 4.69. The minimum Gasteiger partial charge on any atom is -0.346 e. The van der Waals surface area contributed by atoms with Gasteiger partial charge in [-0.3, -0.25) is 9.78 Å². The van der Waals surface area contributed by atoms with E-state index in [-0.39, 0.29) is 5.91 Å². The molecule has 0 bridgehead atoms. The number of rotatable bonds is 4. The van der Waals surface area contributed by atoms with Crippen molar-refractivity contribution in [1.82, 2.24) is 15.3 Å². The lowest BCUT2D eigenvalue weighted by molar-refractivity contribution is 0.0949. The highest BCUT2D eigenvalue weighted by Crippen LogP contribution is 2.23. The van der Waals surface area contributed by atoms with E-state index in [1.165, 1.54) is 0 Å². The maximum Gasteiger partial charge on any atom is 0.253 e. The van der Waals surface area contributed by atoms with Crippen LogP contribution in [-0.2, 0) is 6.54 Å². The van der Waals surface area contributed by atoms with Crippen LogP contribution in [0.5, 0.6) is 0 Å². The first kappa shape index (κ1) is 17.4. The normalized spacial score (nSPS) is 10.9. The molecule has 1 amide bonds. The van der Waals surface area contributed by atoms with Crippen LogP contribution in [-0.4, -0.2) is 15.9 Å². The summed E-state index contributed by atoms with van der Waals surface area (Å²) in [7, 11) is 0. The van der Waals surface area contributed by atoms with Crippen LogP contribution in [0.25, 0.3) is 21.5 Å². The third-order valence-electron chi connectivity index (χ3n) is 4.41. The van der Waals surface area contributed by atoms with Gasteiger partial charge < -0.3 is 5.32 Å². The number of pyridine rings is 1. The second kappa shape index (κ2) is 7.29. The molecule has 2 heterocycles. The number of hydrogen-bond acceptors (Lipinski definition) is 4. The van der Waals surface area contributed by atoms with Crippen molar-refractivity contribution in [2.45, 2.75) is 20.4 Å². The molecule has 0 aliphatic rings. The van der Waals surface area contributed by atoms with Crippen molar-refractivity contribution in [3.8, 4) is 10.6 Å². The van der Waals surface area contributed by atoms with Crippen molar-refractivity contribution in [3.63, 3.8) is 0 Å². The summed E-state index contributed by atoms with van der Waals surface area (Å²) in [5, 5.41) is 6.88. The first-order valence-corrected chi connectivity index (χ1v) is 9.64. The van der Waals surface area contributed by atoms with E-state index in [0.29, 0.717) is 12.1 Å². The second-order valence-electron chi connectivity index (χ2n) is 6.51. The number of carbonyl (C=O) groups is 1.